The van der Waals surface area contributed by atoms with Crippen LogP contribution < -0.4 is 10.6 Å². The number of benzene rings is 1. The Morgan fingerprint density at radius 3 is 2.67 bits per heavy atom. The Balaban J connectivity index is 2.41. The van der Waals surface area contributed by atoms with Gasteiger partial charge in [-0.05, 0) is 19.1 Å². The van der Waals surface area contributed by atoms with Crippen LogP contribution in [0.25, 0.3) is 0 Å². The average Bonchev–Trinajstić information content (AvgIpc) is 2.46. The molecule has 0 amide bonds. The number of hydrogen-bond acceptors (Lipinski definition) is 5. The van der Waals surface area contributed by atoms with Crippen LogP contribution in [0.15, 0.2) is 29.2 Å². The zero-order valence-corrected chi connectivity index (χ0v) is 12.4. The van der Waals surface area contributed by atoms with Crippen molar-refractivity contribution < 1.29 is 21.9 Å². The van der Waals surface area contributed by atoms with E-state index >= 15 is 0 Å². The molecule has 118 valence electrons. The van der Waals surface area contributed by atoms with E-state index in [2.05, 4.69) is 0 Å². The second kappa shape index (κ2) is 6.25. The summed E-state index contributed by atoms with van der Waals surface area (Å²) < 4.78 is 54.8. The molecule has 1 heterocycles. The van der Waals surface area contributed by atoms with Crippen molar-refractivity contribution in [3.05, 3.63) is 24.3 Å². The summed E-state index contributed by atoms with van der Waals surface area (Å²) >= 11 is 0. The van der Waals surface area contributed by atoms with Crippen LogP contribution in [-0.4, -0.2) is 46.0 Å². The lowest BCUT2D eigenvalue weighted by molar-refractivity contribution is -0.0106. The molecule has 1 saturated heterocycles. The third kappa shape index (κ3) is 3.33. The molecule has 0 bridgehead atoms. The summed E-state index contributed by atoms with van der Waals surface area (Å²) in [5, 5.41) is 0. The Morgan fingerprint density at radius 2 is 2.05 bits per heavy atom. The lowest BCUT2D eigenvalue weighted by Crippen LogP contribution is -2.49. The van der Waals surface area contributed by atoms with Gasteiger partial charge in [-0.2, -0.15) is 8.78 Å². The quantitative estimate of drug-likeness (QED) is 0.903. The van der Waals surface area contributed by atoms with Gasteiger partial charge in [-0.3, -0.25) is 0 Å². The minimum absolute atomic E-state index is 0.158. The average molecular weight is 320 g/mol. The van der Waals surface area contributed by atoms with Crippen molar-refractivity contribution in [3.63, 3.8) is 0 Å². The molecule has 5 nitrogen and oxygen atoms in total. The van der Waals surface area contributed by atoms with E-state index in [1.54, 1.807) is 11.0 Å². The third-order valence-electron chi connectivity index (χ3n) is 3.34. The molecule has 0 spiro atoms. The minimum Gasteiger partial charge on any atom is -0.370 e. The molecule has 0 saturated carbocycles. The largest absolute Gasteiger partial charge is 0.370 e. The molecule has 0 aliphatic carbocycles. The number of halogens is 2. The van der Waals surface area contributed by atoms with Gasteiger partial charge in [0.05, 0.1) is 22.8 Å². The SMILES string of the molecule is CC1CN(c2ccccc2S(=O)(=O)C(F)F)CC(CN)O1. The monoisotopic (exact) mass is 320 g/mol. The number of hydrogen-bond donors (Lipinski definition) is 1. The van der Waals surface area contributed by atoms with Crippen molar-refractivity contribution in [3.8, 4) is 0 Å². The number of sulfone groups is 1. The van der Waals surface area contributed by atoms with E-state index in [4.69, 9.17) is 10.5 Å². The van der Waals surface area contributed by atoms with Gasteiger partial charge in [0.1, 0.15) is 0 Å². The van der Waals surface area contributed by atoms with Crippen molar-refractivity contribution in [1.82, 2.24) is 0 Å². The Kier molecular flexibility index (Phi) is 4.80. The van der Waals surface area contributed by atoms with Crippen LogP contribution in [0.3, 0.4) is 0 Å². The fraction of sp³-hybridized carbons (Fsp3) is 0.538. The topological polar surface area (TPSA) is 72.6 Å². The highest BCUT2D eigenvalue weighted by molar-refractivity contribution is 7.91. The van der Waals surface area contributed by atoms with Gasteiger partial charge in [-0.1, -0.05) is 12.1 Å². The van der Waals surface area contributed by atoms with E-state index in [9.17, 15) is 17.2 Å². The fourth-order valence-corrected chi connectivity index (χ4v) is 3.38. The number of nitrogens with two attached hydrogens (primary N) is 1. The summed E-state index contributed by atoms with van der Waals surface area (Å²) in [6.07, 6.45) is -0.411. The summed E-state index contributed by atoms with van der Waals surface area (Å²) in [5.41, 5.74) is 5.86. The third-order valence-corrected chi connectivity index (χ3v) is 4.76. The number of nitrogens with zero attached hydrogens (tertiary/aromatic N) is 1. The molecule has 2 unspecified atom stereocenters. The summed E-state index contributed by atoms with van der Waals surface area (Å²) in [7, 11) is -4.65. The number of morpholine rings is 1. The van der Waals surface area contributed by atoms with Crippen LogP contribution in [0, 0.1) is 0 Å². The van der Waals surface area contributed by atoms with Crippen LogP contribution in [0.2, 0.25) is 0 Å². The van der Waals surface area contributed by atoms with E-state index in [1.165, 1.54) is 18.2 Å². The first-order valence-corrected chi connectivity index (χ1v) is 8.12. The van der Waals surface area contributed by atoms with E-state index < -0.39 is 15.6 Å². The summed E-state index contributed by atoms with van der Waals surface area (Å²) in [6, 6.07) is 5.79. The highest BCUT2D eigenvalue weighted by atomic mass is 32.2. The van der Waals surface area contributed by atoms with Gasteiger partial charge < -0.3 is 15.4 Å². The number of para-hydroxylation sites is 1. The zero-order chi connectivity index (χ0) is 15.6. The maximum absolute atomic E-state index is 12.8. The highest BCUT2D eigenvalue weighted by Crippen LogP contribution is 2.30. The Bertz CT molecular complexity index is 595. The maximum atomic E-state index is 12.8. The van der Waals surface area contributed by atoms with E-state index in [1.807, 2.05) is 6.92 Å². The van der Waals surface area contributed by atoms with Crippen LogP contribution in [-0.2, 0) is 14.6 Å². The van der Waals surface area contributed by atoms with Gasteiger partial charge in [0.25, 0.3) is 0 Å². The van der Waals surface area contributed by atoms with E-state index in [-0.39, 0.29) is 29.3 Å². The maximum Gasteiger partial charge on any atom is 0.341 e. The van der Waals surface area contributed by atoms with E-state index in [0.717, 1.165) is 0 Å². The van der Waals surface area contributed by atoms with Crippen molar-refractivity contribution in [2.75, 3.05) is 24.5 Å². The molecule has 1 aliphatic heterocycles. The number of ether oxygens (including phenoxy) is 1. The molecule has 0 aromatic heterocycles. The second-order valence-corrected chi connectivity index (χ2v) is 6.87. The van der Waals surface area contributed by atoms with Gasteiger partial charge in [0.15, 0.2) is 0 Å². The molecule has 1 aromatic rings. The first kappa shape index (κ1) is 16.1. The molecule has 1 fully saturated rings. The van der Waals surface area contributed by atoms with Gasteiger partial charge in [0, 0.05) is 19.6 Å². The van der Waals surface area contributed by atoms with Gasteiger partial charge in [-0.15, -0.1) is 0 Å². The first-order chi connectivity index (χ1) is 9.86. The van der Waals surface area contributed by atoms with E-state index in [0.29, 0.717) is 13.1 Å². The predicted molar refractivity (Wildman–Crippen MR) is 75.2 cm³/mol. The number of anilines is 1. The van der Waals surface area contributed by atoms with Gasteiger partial charge in [0.2, 0.25) is 9.84 Å². The Labute approximate surface area is 122 Å². The van der Waals surface area contributed by atoms with Crippen molar-refractivity contribution >= 4 is 15.5 Å². The molecule has 2 atom stereocenters. The lowest BCUT2D eigenvalue weighted by Gasteiger charge is -2.38. The molecular weight excluding hydrogens is 302 g/mol. The molecule has 1 aliphatic rings. The van der Waals surface area contributed by atoms with Crippen LogP contribution in [0.1, 0.15) is 6.92 Å². The summed E-state index contributed by atoms with van der Waals surface area (Å²) in [5.74, 6) is -3.44. The summed E-state index contributed by atoms with van der Waals surface area (Å²) in [4.78, 5) is 1.38. The molecule has 1 aromatic carbocycles. The standard InChI is InChI=1S/C13H18F2N2O3S/c1-9-7-17(8-10(6-16)20-9)11-4-2-3-5-12(11)21(18,19)13(14)15/h2-5,9-10,13H,6-8,16H2,1H3. The molecule has 2 N–H and O–H groups in total. The zero-order valence-electron chi connectivity index (χ0n) is 11.6. The van der Waals surface area contributed by atoms with Crippen molar-refractivity contribution in [1.29, 1.82) is 0 Å². The minimum atomic E-state index is -4.65. The van der Waals surface area contributed by atoms with Crippen LogP contribution in [0.5, 0.6) is 0 Å². The van der Waals surface area contributed by atoms with Gasteiger partial charge in [-0.25, -0.2) is 8.42 Å². The Hall–Kier alpha value is -1.25. The molecule has 21 heavy (non-hydrogen) atoms. The van der Waals surface area contributed by atoms with Crippen LogP contribution >= 0.6 is 0 Å². The molecule has 8 heteroatoms. The normalized spacial score (nSPS) is 23.6. The highest BCUT2D eigenvalue weighted by Gasteiger charge is 2.33. The second-order valence-electron chi connectivity index (χ2n) is 4.98. The smallest absolute Gasteiger partial charge is 0.341 e. The van der Waals surface area contributed by atoms with Gasteiger partial charge >= 0.3 is 5.76 Å². The summed E-state index contributed by atoms with van der Waals surface area (Å²) in [6.45, 7) is 2.91. The van der Waals surface area contributed by atoms with Crippen molar-refractivity contribution in [2.24, 2.45) is 5.73 Å². The molecule has 0 radical (unpaired) electrons. The molecular formula is C13H18F2N2O3S. The molecule has 2 rings (SSSR count). The van der Waals surface area contributed by atoms with Crippen LogP contribution in [0.4, 0.5) is 14.5 Å². The number of alkyl halides is 2. The number of rotatable bonds is 4. The first-order valence-electron chi connectivity index (χ1n) is 6.57. The Morgan fingerprint density at radius 1 is 1.38 bits per heavy atom. The predicted octanol–water partition coefficient (Wildman–Crippen LogP) is 1.24. The van der Waals surface area contributed by atoms with Crippen molar-refractivity contribution in [2.45, 2.75) is 29.8 Å². The lowest BCUT2D eigenvalue weighted by atomic mass is 10.2. The fourth-order valence-electron chi connectivity index (χ4n) is 2.43.